The standard InChI is InChI=1S/C16H16ClF3N2O.C16H17F3N2O2.B17.B8/c1-10(2)4-3-7-15(16(18,19)20)12-6-5-11(9-17)8-13(12)21-14(23)22-15;1-10(2)4-3-7-15(16(17,18)19)12-6-5-11(9-22)8-13(12)20-14(23)21-15;1-10-15(11(2)3)17(14(8)9)16(12(4)5)13(6)7;1-6(2)8(5)7(3)4/h5-6,8,10H,4,9H2,1-2H3,(H2,21,22,23);5-6,8,10,22H,4,9H2,1-2H3,(H2,20,21,23);;. The molecule has 4 rings (SSSR count). The predicted molar refractivity (Wildman–Crippen MR) is 306 cm³/mol. The molecule has 7 nitrogen and oxygen atoms in total. The first-order valence-electron chi connectivity index (χ1n) is 21.8. The molecule has 5 N–H and O–H groups in total. The molecule has 29 radical (unpaired) electrons. The summed E-state index contributed by atoms with van der Waals surface area (Å²) in [6.07, 6.45) is -15.4. The number of carbonyl (C=O) groups excluding carboxylic acids is 2. The Morgan fingerprint density at radius 1 is 0.620 bits per heavy atom. The van der Waals surface area contributed by atoms with Crippen LogP contribution in [-0.2, 0) is 23.6 Å². The minimum atomic E-state index is -4.79. The van der Waals surface area contributed by atoms with Gasteiger partial charge in [-0.05, 0) is 35.1 Å². The average Bonchev–Trinajstić information content (AvgIpc) is 3.24. The quantitative estimate of drug-likeness (QED) is 0.0695. The van der Waals surface area contributed by atoms with E-state index in [1.165, 1.54) is 43.5 Å². The zero-order valence-electron chi connectivity index (χ0n) is 39.8. The maximum atomic E-state index is 13.8. The number of carbonyl (C=O) groups is 2. The van der Waals surface area contributed by atoms with Crippen LogP contribution in [0.15, 0.2) is 36.4 Å². The second-order valence-electron chi connectivity index (χ2n) is 17.5. The average molecular weight is 941 g/mol. The summed E-state index contributed by atoms with van der Waals surface area (Å²) in [7, 11) is 77.8. The molecule has 2 aliphatic rings. The van der Waals surface area contributed by atoms with Crippen molar-refractivity contribution in [3.63, 3.8) is 0 Å². The van der Waals surface area contributed by atoms with E-state index >= 15 is 0 Å². The summed E-state index contributed by atoms with van der Waals surface area (Å²) in [4.78, 5) is 23.5. The summed E-state index contributed by atoms with van der Waals surface area (Å²) in [6, 6.07) is 6.23. The van der Waals surface area contributed by atoms with Gasteiger partial charge in [-0.15, -0.1) is 11.6 Å². The van der Waals surface area contributed by atoms with Gasteiger partial charge in [-0.25, -0.2) is 9.59 Å². The third-order valence-corrected chi connectivity index (χ3v) is 10.9. The fourth-order valence-electron chi connectivity index (χ4n) is 6.88. The number of aliphatic hydroxyl groups excluding tert-OH is 1. The number of rotatable bonds is 13. The number of amides is 4. The van der Waals surface area contributed by atoms with Crippen LogP contribution in [0.5, 0.6) is 0 Å². The van der Waals surface area contributed by atoms with E-state index in [1.807, 2.05) is 38.3 Å². The highest BCUT2D eigenvalue weighted by atomic mass is 35.5. The van der Waals surface area contributed by atoms with Crippen LogP contribution in [0.4, 0.5) is 47.3 Å². The second-order valence-corrected chi connectivity index (χ2v) is 17.7. The molecule has 2 unspecified atom stereocenters. The number of hydrogen-bond acceptors (Lipinski definition) is 3. The maximum absolute atomic E-state index is 13.8. The van der Waals surface area contributed by atoms with Gasteiger partial charge < -0.3 is 26.4 Å². The summed E-state index contributed by atoms with van der Waals surface area (Å²) in [5, 5.41) is 17.7. The van der Waals surface area contributed by atoms with Gasteiger partial charge >= 0.3 is 24.4 Å². The maximum Gasteiger partial charge on any atom is 0.427 e. The first-order valence-corrected chi connectivity index (χ1v) is 22.3. The number of hydrogen-bond donors (Lipinski definition) is 5. The Balaban J connectivity index is 0.000000500. The number of benzene rings is 2. The van der Waals surface area contributed by atoms with Crippen molar-refractivity contribution < 1.29 is 41.0 Å². The van der Waals surface area contributed by atoms with Crippen molar-refractivity contribution in [2.45, 2.75) is 76.5 Å². The number of urea groups is 2. The fraction of sp³-hybridized carbons (Fsp3) is 0.438. The molecule has 2 aromatic carbocycles. The van der Waals surface area contributed by atoms with Crippen molar-refractivity contribution in [2.75, 3.05) is 10.6 Å². The second kappa shape index (κ2) is 29.6. The molecule has 2 atom stereocenters. The van der Waals surface area contributed by atoms with E-state index in [1.54, 1.807) is 0 Å². The summed E-state index contributed by atoms with van der Waals surface area (Å²) in [5.74, 6) is 9.93. The van der Waals surface area contributed by atoms with E-state index in [-0.39, 0.29) is 53.2 Å². The Labute approximate surface area is 444 Å². The van der Waals surface area contributed by atoms with E-state index in [0.29, 0.717) is 17.5 Å². The third-order valence-electron chi connectivity index (χ3n) is 10.6. The third kappa shape index (κ3) is 19.0. The molecule has 2 aromatic rings. The highest BCUT2D eigenvalue weighted by molar-refractivity contribution is 8.15. The highest BCUT2D eigenvalue weighted by Gasteiger charge is 2.60. The lowest BCUT2D eigenvalue weighted by Crippen LogP contribution is -2.76. The number of aliphatic hydroxyl groups is 1. The number of alkyl halides is 7. The Morgan fingerprint density at radius 2 is 0.986 bits per heavy atom. The van der Waals surface area contributed by atoms with E-state index < -0.39 is 99.3 Å². The van der Waals surface area contributed by atoms with Crippen LogP contribution in [0.1, 0.15) is 62.8 Å². The molecule has 323 valence electrons. The van der Waals surface area contributed by atoms with Crippen LogP contribution in [0.3, 0.4) is 0 Å². The van der Waals surface area contributed by atoms with Crippen LogP contribution >= 0.6 is 11.6 Å². The highest BCUT2D eigenvalue weighted by Crippen LogP contribution is 2.45. The van der Waals surface area contributed by atoms with Crippen molar-refractivity contribution in [1.29, 1.82) is 0 Å². The van der Waals surface area contributed by atoms with E-state index in [2.05, 4.69) is 34.3 Å². The van der Waals surface area contributed by atoms with Gasteiger partial charge in [-0.3, -0.25) is 0 Å². The topological polar surface area (TPSA) is 102 Å². The first-order chi connectivity index (χ1) is 32.7. The lowest BCUT2D eigenvalue weighted by atomic mass is 8.43. The number of nitrogens with one attached hydrogen (secondary N) is 4. The van der Waals surface area contributed by atoms with Gasteiger partial charge in [-0.1, -0.05) is 75.6 Å². The molecule has 0 aliphatic carbocycles. The van der Waals surface area contributed by atoms with Gasteiger partial charge in [0.25, 0.3) is 0 Å². The lowest BCUT2D eigenvalue weighted by Gasteiger charge is -2.38. The molecule has 39 heteroatoms. The van der Waals surface area contributed by atoms with Crippen LogP contribution < -0.4 is 21.3 Å². The minimum absolute atomic E-state index is 0.00327. The summed E-state index contributed by atoms with van der Waals surface area (Å²) >= 11 is 5.71. The number of fused-ring (bicyclic) bond motifs is 2. The van der Waals surface area contributed by atoms with E-state index in [0.717, 1.165) is 0 Å². The van der Waals surface area contributed by atoms with Gasteiger partial charge in [0.15, 0.2) is 0 Å². The zero-order valence-corrected chi connectivity index (χ0v) is 40.5. The zero-order chi connectivity index (χ0) is 55.0. The van der Waals surface area contributed by atoms with Crippen molar-refractivity contribution >= 4 is 214 Å². The normalized spacial score (nSPS) is 16.1. The molecule has 0 saturated carbocycles. The SMILES string of the molecule is CC(C)CC#CC1(C(F)(F)F)NC(=O)Nc2cc(CCl)ccc21.CC(C)CC#CC1(C(F)(F)F)NC(=O)Nc2cc(CO)ccc21.[B]B([B])B([B])B([B])[B].[B][B]B(B([B])[B])B(B([B])[B])B(B([B])[B])B([B])[B]. The van der Waals surface area contributed by atoms with Crippen LogP contribution in [0, 0.1) is 35.5 Å². The molecule has 71 heavy (non-hydrogen) atoms. The van der Waals surface area contributed by atoms with Crippen molar-refractivity contribution in [3.8, 4) is 23.7 Å². The lowest BCUT2D eigenvalue weighted by molar-refractivity contribution is -0.179. The fourth-order valence-corrected chi connectivity index (χ4v) is 7.04. The number of anilines is 2. The molecular weight excluding hydrogens is 908 g/mol. The van der Waals surface area contributed by atoms with Gasteiger partial charge in [0.05, 0.1) is 6.61 Å². The largest absolute Gasteiger partial charge is 0.427 e. The summed E-state index contributed by atoms with van der Waals surface area (Å²) in [5.41, 5.74) is -4.71. The smallest absolute Gasteiger partial charge is 0.392 e. The first kappa shape index (κ1) is 66.6. The summed E-state index contributed by atoms with van der Waals surface area (Å²) < 4.78 is 82.6. The Bertz CT molecular complexity index is 2030. The molecule has 0 fully saturated rings. The molecule has 4 amide bonds. The van der Waals surface area contributed by atoms with Crippen LogP contribution in [0.2, 0.25) is 0 Å². The molecular formula is C32H33B25ClF6N4O3. The Morgan fingerprint density at radius 3 is 1.25 bits per heavy atom. The van der Waals surface area contributed by atoms with E-state index in [4.69, 9.17) is 125 Å². The van der Waals surface area contributed by atoms with Crippen molar-refractivity contribution in [1.82, 2.24) is 10.6 Å². The van der Waals surface area contributed by atoms with E-state index in [9.17, 15) is 35.9 Å². The van der Waals surface area contributed by atoms with Crippen molar-refractivity contribution in [3.05, 3.63) is 58.7 Å². The Kier molecular flexibility index (Phi) is 27.7. The molecule has 2 aliphatic heterocycles. The van der Waals surface area contributed by atoms with Gasteiger partial charge in [0.2, 0.25) is 11.1 Å². The van der Waals surface area contributed by atoms with Crippen LogP contribution in [-0.4, -0.2) is 209 Å². The monoisotopic (exact) mass is 945 g/mol. The molecule has 0 bridgehead atoms. The molecule has 0 saturated heterocycles. The molecule has 0 spiro atoms. The van der Waals surface area contributed by atoms with Crippen LogP contribution in [0.25, 0.3) is 0 Å². The predicted octanol–water partition coefficient (Wildman–Crippen LogP) is -2.03. The summed E-state index contributed by atoms with van der Waals surface area (Å²) in [6.45, 7) is 7.07. The molecule has 0 aromatic heterocycles. The number of halogens is 7. The van der Waals surface area contributed by atoms with Gasteiger partial charge in [0.1, 0.15) is 0 Å². The van der Waals surface area contributed by atoms with Crippen molar-refractivity contribution in [2.24, 2.45) is 11.8 Å². The van der Waals surface area contributed by atoms with Gasteiger partial charge in [0, 0.05) is 220 Å². The molecule has 2 heterocycles. The van der Waals surface area contributed by atoms with Gasteiger partial charge in [-0.2, -0.15) is 26.3 Å². The Hall–Kier alpha value is -2.45. The minimum Gasteiger partial charge on any atom is -0.392 e.